The molecule has 0 bridgehead atoms. The van der Waals surface area contributed by atoms with Crippen molar-refractivity contribution in [2.45, 2.75) is 71.9 Å². The highest BCUT2D eigenvalue weighted by atomic mass is 32.2. The van der Waals surface area contributed by atoms with Crippen molar-refractivity contribution in [2.24, 2.45) is 0 Å². The predicted molar refractivity (Wildman–Crippen MR) is 87.2 cm³/mol. The molecule has 8 heteroatoms. The van der Waals surface area contributed by atoms with Crippen LogP contribution in [0.15, 0.2) is 0 Å². The lowest BCUT2D eigenvalue weighted by Crippen LogP contribution is -2.48. The molecule has 0 aliphatic rings. The van der Waals surface area contributed by atoms with Crippen LogP contribution in [0.5, 0.6) is 0 Å². The highest BCUT2D eigenvalue weighted by molar-refractivity contribution is 7.88. The fourth-order valence-electron chi connectivity index (χ4n) is 3.07. The highest BCUT2D eigenvalue weighted by Crippen LogP contribution is 2.33. The Bertz CT molecular complexity index is 580. The first-order chi connectivity index (χ1) is 10.0. The van der Waals surface area contributed by atoms with E-state index in [1.807, 2.05) is 39.3 Å². The predicted octanol–water partition coefficient (Wildman–Crippen LogP) is 2.20. The number of tetrazole rings is 1. The van der Waals surface area contributed by atoms with E-state index in [-0.39, 0.29) is 12.0 Å². The normalized spacial score (nSPS) is 14.8. The van der Waals surface area contributed by atoms with E-state index >= 15 is 0 Å². The first kappa shape index (κ1) is 19.0. The molecule has 1 aromatic heterocycles. The number of hydrogen-bond donors (Lipinski definition) is 0. The summed E-state index contributed by atoms with van der Waals surface area (Å²) in [5.74, 6) is 0.943. The summed E-state index contributed by atoms with van der Waals surface area (Å²) in [6.45, 7) is 12.4. The topological polar surface area (TPSA) is 81.0 Å². The number of sulfonamides is 1. The van der Waals surface area contributed by atoms with Gasteiger partial charge in [0.1, 0.15) is 0 Å². The minimum Gasteiger partial charge on any atom is -0.227 e. The molecule has 1 heterocycles. The van der Waals surface area contributed by atoms with E-state index in [4.69, 9.17) is 0 Å². The molecule has 0 saturated heterocycles. The molecule has 0 N–H and O–H groups in total. The van der Waals surface area contributed by atoms with E-state index in [1.54, 1.807) is 4.31 Å². The van der Waals surface area contributed by atoms with Crippen LogP contribution in [0.1, 0.15) is 72.2 Å². The van der Waals surface area contributed by atoms with Gasteiger partial charge in [-0.1, -0.05) is 13.8 Å². The molecule has 0 spiro atoms. The van der Waals surface area contributed by atoms with Gasteiger partial charge in [0.15, 0.2) is 5.82 Å². The van der Waals surface area contributed by atoms with Crippen molar-refractivity contribution in [3.8, 4) is 0 Å². The minimum absolute atomic E-state index is 0.114. The zero-order chi connectivity index (χ0) is 17.1. The van der Waals surface area contributed by atoms with E-state index in [9.17, 15) is 8.42 Å². The summed E-state index contributed by atoms with van der Waals surface area (Å²) in [6.07, 6.45) is 2.80. The Morgan fingerprint density at radius 3 is 2.27 bits per heavy atom. The minimum atomic E-state index is -3.25. The first-order valence-electron chi connectivity index (χ1n) is 7.80. The Labute approximate surface area is 134 Å². The number of rotatable bonds is 8. The SMILES string of the molecule is CCC(CC(C)(C)N(CC)S(C)(=O)=O)c1nnnn1C(C)C. The summed E-state index contributed by atoms with van der Waals surface area (Å²) in [5.41, 5.74) is -0.489. The Morgan fingerprint density at radius 1 is 1.27 bits per heavy atom. The number of hydrogen-bond acceptors (Lipinski definition) is 5. The molecular formula is C14H29N5O2S. The maximum Gasteiger partial charge on any atom is 0.211 e. The van der Waals surface area contributed by atoms with Crippen molar-refractivity contribution in [2.75, 3.05) is 12.8 Å². The van der Waals surface area contributed by atoms with E-state index in [0.717, 1.165) is 12.2 Å². The zero-order valence-corrected chi connectivity index (χ0v) is 15.6. The lowest BCUT2D eigenvalue weighted by molar-refractivity contribution is 0.203. The van der Waals surface area contributed by atoms with E-state index in [0.29, 0.717) is 13.0 Å². The van der Waals surface area contributed by atoms with Gasteiger partial charge in [-0.05, 0) is 51.0 Å². The molecule has 0 saturated carbocycles. The second-order valence-corrected chi connectivity index (χ2v) is 8.53. The van der Waals surface area contributed by atoms with Gasteiger partial charge in [-0.2, -0.15) is 4.31 Å². The molecule has 0 aromatic carbocycles. The third kappa shape index (κ3) is 4.25. The van der Waals surface area contributed by atoms with Gasteiger partial charge in [-0.15, -0.1) is 5.10 Å². The number of nitrogens with zero attached hydrogens (tertiary/aromatic N) is 5. The molecule has 1 atom stereocenters. The molecule has 1 unspecified atom stereocenters. The molecule has 128 valence electrons. The second kappa shape index (κ2) is 7.04. The Hall–Kier alpha value is -1.02. The van der Waals surface area contributed by atoms with Crippen LogP contribution in [0.4, 0.5) is 0 Å². The monoisotopic (exact) mass is 331 g/mol. The maximum atomic E-state index is 12.0. The third-order valence-electron chi connectivity index (χ3n) is 3.97. The summed E-state index contributed by atoms with van der Waals surface area (Å²) in [5, 5.41) is 12.0. The smallest absolute Gasteiger partial charge is 0.211 e. The lowest BCUT2D eigenvalue weighted by atomic mass is 9.88. The summed E-state index contributed by atoms with van der Waals surface area (Å²) in [4.78, 5) is 0. The van der Waals surface area contributed by atoms with Crippen LogP contribution in [0, 0.1) is 0 Å². The van der Waals surface area contributed by atoms with Gasteiger partial charge in [0, 0.05) is 18.0 Å². The van der Waals surface area contributed by atoms with Crippen LogP contribution in [-0.2, 0) is 10.0 Å². The van der Waals surface area contributed by atoms with Crippen molar-refractivity contribution < 1.29 is 8.42 Å². The van der Waals surface area contributed by atoms with Gasteiger partial charge in [0.2, 0.25) is 10.0 Å². The van der Waals surface area contributed by atoms with Gasteiger partial charge in [-0.3, -0.25) is 0 Å². The third-order valence-corrected chi connectivity index (χ3v) is 5.53. The quantitative estimate of drug-likeness (QED) is 0.729. The molecule has 0 aliphatic carbocycles. The molecule has 0 amide bonds. The Morgan fingerprint density at radius 2 is 1.86 bits per heavy atom. The molecule has 1 aromatic rings. The molecular weight excluding hydrogens is 302 g/mol. The Balaban J connectivity index is 3.09. The molecule has 0 radical (unpaired) electrons. The van der Waals surface area contributed by atoms with Gasteiger partial charge >= 0.3 is 0 Å². The maximum absolute atomic E-state index is 12.0. The summed E-state index contributed by atoms with van der Waals surface area (Å²) in [6, 6.07) is 0.180. The van der Waals surface area contributed by atoms with Gasteiger partial charge in [0.25, 0.3) is 0 Å². The van der Waals surface area contributed by atoms with Crippen LogP contribution in [0.3, 0.4) is 0 Å². The van der Waals surface area contributed by atoms with Crippen molar-refractivity contribution in [1.82, 2.24) is 24.5 Å². The molecule has 7 nitrogen and oxygen atoms in total. The second-order valence-electron chi connectivity index (χ2n) is 6.62. The fraction of sp³-hybridized carbons (Fsp3) is 0.929. The van der Waals surface area contributed by atoms with E-state index in [2.05, 4.69) is 22.4 Å². The van der Waals surface area contributed by atoms with Crippen molar-refractivity contribution in [1.29, 1.82) is 0 Å². The standard InChI is InChI=1S/C14H29N5O2S/c1-8-12(13-15-16-17-19(13)11(3)4)10-14(5,6)18(9-2)22(7,20)21/h11-12H,8-10H2,1-7H3. The molecule has 0 aliphatic heterocycles. The van der Waals surface area contributed by atoms with Crippen LogP contribution < -0.4 is 0 Å². The lowest BCUT2D eigenvalue weighted by Gasteiger charge is -2.38. The fourth-order valence-corrected chi connectivity index (χ4v) is 4.51. The molecule has 22 heavy (non-hydrogen) atoms. The first-order valence-corrected chi connectivity index (χ1v) is 9.65. The van der Waals surface area contributed by atoms with Crippen LogP contribution in [0.25, 0.3) is 0 Å². The average molecular weight is 331 g/mol. The van der Waals surface area contributed by atoms with Crippen LogP contribution in [-0.4, -0.2) is 51.3 Å². The van der Waals surface area contributed by atoms with Crippen molar-refractivity contribution >= 4 is 10.0 Å². The van der Waals surface area contributed by atoms with Crippen molar-refractivity contribution in [3.05, 3.63) is 5.82 Å². The molecule has 0 fully saturated rings. The summed E-state index contributed by atoms with van der Waals surface area (Å²) in [7, 11) is -3.25. The average Bonchev–Trinajstić information content (AvgIpc) is 2.83. The van der Waals surface area contributed by atoms with Gasteiger partial charge in [-0.25, -0.2) is 13.1 Å². The molecule has 1 rings (SSSR count). The van der Waals surface area contributed by atoms with Gasteiger partial charge < -0.3 is 0 Å². The van der Waals surface area contributed by atoms with Gasteiger partial charge in [0.05, 0.1) is 12.3 Å². The largest absolute Gasteiger partial charge is 0.227 e. The van der Waals surface area contributed by atoms with Crippen LogP contribution >= 0.6 is 0 Å². The zero-order valence-electron chi connectivity index (χ0n) is 14.7. The number of aromatic nitrogens is 4. The summed E-state index contributed by atoms with van der Waals surface area (Å²) < 4.78 is 27.4. The van der Waals surface area contributed by atoms with E-state index < -0.39 is 15.6 Å². The van der Waals surface area contributed by atoms with E-state index in [1.165, 1.54) is 6.26 Å². The van der Waals surface area contributed by atoms with Crippen LogP contribution in [0.2, 0.25) is 0 Å². The van der Waals surface area contributed by atoms with Crippen molar-refractivity contribution in [3.63, 3.8) is 0 Å². The Kier molecular flexibility index (Phi) is 6.09. The summed E-state index contributed by atoms with van der Waals surface area (Å²) >= 11 is 0. The highest BCUT2D eigenvalue weighted by Gasteiger charge is 2.36.